The molecule has 1 aliphatic heterocycles. The third kappa shape index (κ3) is 7.62. The Morgan fingerprint density at radius 3 is 2.46 bits per heavy atom. The molecule has 0 spiro atoms. The van der Waals surface area contributed by atoms with Gasteiger partial charge in [-0.05, 0) is 43.4 Å². The Morgan fingerprint density at radius 2 is 1.85 bits per heavy atom. The first-order valence-corrected chi connectivity index (χ1v) is 12.5. The summed E-state index contributed by atoms with van der Waals surface area (Å²) in [6.45, 7) is 0.884. The lowest BCUT2D eigenvalue weighted by Gasteiger charge is -2.32. The van der Waals surface area contributed by atoms with Gasteiger partial charge in [-0.1, -0.05) is 0 Å². The fourth-order valence-corrected chi connectivity index (χ4v) is 4.95. The quantitative estimate of drug-likeness (QED) is 0.366. The molecule has 1 N–H and O–H groups in total. The number of anilines is 1. The van der Waals surface area contributed by atoms with Crippen LogP contribution in [-0.2, 0) is 12.6 Å². The molecule has 1 fully saturated rings. The molecule has 3 heterocycles. The molecule has 1 amide bonds. The Bertz CT molecular complexity index is 1300. The average Bonchev–Trinajstić information content (AvgIpc) is 3.21. The van der Waals surface area contributed by atoms with Gasteiger partial charge in [0.1, 0.15) is 6.10 Å². The van der Waals surface area contributed by atoms with Crippen LogP contribution < -0.4 is 10.1 Å². The highest BCUT2D eigenvalue weighted by Gasteiger charge is 2.34. The zero-order valence-corrected chi connectivity index (χ0v) is 21.2. The zero-order valence-electron chi connectivity index (χ0n) is 20.4. The van der Waals surface area contributed by atoms with Crippen LogP contribution in [0.4, 0.5) is 36.4 Å². The van der Waals surface area contributed by atoms with Gasteiger partial charge in [-0.15, -0.1) is 0 Å². The van der Waals surface area contributed by atoms with Crippen molar-refractivity contribution in [2.45, 2.75) is 44.6 Å². The van der Waals surface area contributed by atoms with E-state index in [2.05, 4.69) is 19.7 Å². The fourth-order valence-electron chi connectivity index (χ4n) is 4.07. The number of aromatic nitrogens is 3. The van der Waals surface area contributed by atoms with Gasteiger partial charge in [0.15, 0.2) is 17.3 Å². The maximum atomic E-state index is 14.4. The second kappa shape index (κ2) is 11.4. The monoisotopic (exact) mass is 577 g/mol. The summed E-state index contributed by atoms with van der Waals surface area (Å²) in [5.41, 5.74) is -0.135. The van der Waals surface area contributed by atoms with E-state index in [1.165, 1.54) is 17.0 Å². The van der Waals surface area contributed by atoms with E-state index < -0.39 is 42.4 Å². The lowest BCUT2D eigenvalue weighted by molar-refractivity contribution is -0.149. The molecule has 1 saturated heterocycles. The van der Waals surface area contributed by atoms with Crippen LogP contribution in [0.5, 0.6) is 5.75 Å². The molecule has 210 valence electrons. The summed E-state index contributed by atoms with van der Waals surface area (Å²) in [6, 6.07) is 3.70. The molecule has 15 heteroatoms. The van der Waals surface area contributed by atoms with E-state index >= 15 is 0 Å². The van der Waals surface area contributed by atoms with Crippen molar-refractivity contribution in [1.82, 2.24) is 19.2 Å². The van der Waals surface area contributed by atoms with Crippen LogP contribution in [0, 0.1) is 12.7 Å². The summed E-state index contributed by atoms with van der Waals surface area (Å²) in [7, 11) is 0. The SMILES string of the molecule is Cc1nsc(Cc2cnc(C(F)(F)F)cn2)c1C(=O)Nc1ccc(F)c(OC2CCN(CC(F)(F)F)CC2)c1. The van der Waals surface area contributed by atoms with Gasteiger partial charge in [-0.2, -0.15) is 30.7 Å². The number of halogens is 7. The standard InChI is InChI=1S/C24H22F7N5O2S/c1-13-21(19(39-35-13)9-15-10-33-20(11-32-15)24(29,30)31)22(37)34-14-2-3-17(25)18(8-14)38-16-4-6-36(7-5-16)12-23(26,27)28/h2-3,8,10-11,16H,4-7,9,12H2,1H3,(H,34,37). The molecule has 7 nitrogen and oxygen atoms in total. The van der Waals surface area contributed by atoms with Crippen LogP contribution in [0.3, 0.4) is 0 Å². The smallest absolute Gasteiger partial charge is 0.434 e. The lowest BCUT2D eigenvalue weighted by atomic mass is 10.1. The van der Waals surface area contributed by atoms with Crippen LogP contribution in [0.15, 0.2) is 30.6 Å². The number of aryl methyl sites for hydroxylation is 1. The van der Waals surface area contributed by atoms with Crippen LogP contribution >= 0.6 is 11.5 Å². The summed E-state index contributed by atoms with van der Waals surface area (Å²) in [6.07, 6.45) is -7.24. The van der Waals surface area contributed by atoms with Crippen molar-refractivity contribution in [1.29, 1.82) is 0 Å². The van der Waals surface area contributed by atoms with Gasteiger partial charge in [0.25, 0.3) is 5.91 Å². The normalized spacial score (nSPS) is 15.4. The molecular formula is C24H22F7N5O2S. The Kier molecular flexibility index (Phi) is 8.39. The first-order chi connectivity index (χ1) is 18.3. The van der Waals surface area contributed by atoms with E-state index in [0.717, 1.165) is 23.8 Å². The maximum Gasteiger partial charge on any atom is 0.434 e. The fraction of sp³-hybridized carbons (Fsp3) is 0.417. The number of nitrogens with zero attached hydrogens (tertiary/aromatic N) is 4. The second-order valence-electron chi connectivity index (χ2n) is 8.94. The largest absolute Gasteiger partial charge is 0.487 e. The molecular weight excluding hydrogens is 555 g/mol. The predicted molar refractivity (Wildman–Crippen MR) is 127 cm³/mol. The third-order valence-corrected chi connectivity index (χ3v) is 6.85. The number of rotatable bonds is 7. The maximum absolute atomic E-state index is 14.4. The van der Waals surface area contributed by atoms with Gasteiger partial charge in [0.2, 0.25) is 0 Å². The van der Waals surface area contributed by atoms with Crippen LogP contribution in [0.1, 0.15) is 45.2 Å². The average molecular weight is 578 g/mol. The number of carbonyl (C=O) groups is 1. The highest BCUT2D eigenvalue weighted by Crippen LogP contribution is 2.29. The number of nitrogens with one attached hydrogen (secondary N) is 1. The Hall–Kier alpha value is -3.33. The first-order valence-electron chi connectivity index (χ1n) is 11.7. The molecule has 0 saturated carbocycles. The number of ether oxygens (including phenoxy) is 1. The number of piperidine rings is 1. The van der Waals surface area contributed by atoms with Crippen molar-refractivity contribution < 1.29 is 40.3 Å². The highest BCUT2D eigenvalue weighted by molar-refractivity contribution is 7.06. The number of hydrogen-bond donors (Lipinski definition) is 1. The van der Waals surface area contributed by atoms with Crippen molar-refractivity contribution in [2.24, 2.45) is 0 Å². The van der Waals surface area contributed by atoms with E-state index in [0.29, 0.717) is 16.8 Å². The molecule has 0 atom stereocenters. The minimum atomic E-state index is -4.63. The number of carbonyl (C=O) groups excluding carboxylic acids is 1. The summed E-state index contributed by atoms with van der Waals surface area (Å²) < 4.78 is 100. The van der Waals surface area contributed by atoms with Gasteiger partial charge in [-0.3, -0.25) is 14.7 Å². The van der Waals surface area contributed by atoms with E-state index in [-0.39, 0.29) is 55.0 Å². The van der Waals surface area contributed by atoms with Crippen LogP contribution in [0.25, 0.3) is 0 Å². The molecule has 4 rings (SSSR count). The molecule has 0 radical (unpaired) electrons. The van der Waals surface area contributed by atoms with Crippen LogP contribution in [0.2, 0.25) is 0 Å². The Labute approximate surface area is 222 Å². The second-order valence-corrected chi connectivity index (χ2v) is 9.80. The number of benzene rings is 1. The van der Waals surface area contributed by atoms with Crippen molar-refractivity contribution in [3.05, 3.63) is 63.9 Å². The van der Waals surface area contributed by atoms with Crippen molar-refractivity contribution in [3.63, 3.8) is 0 Å². The summed E-state index contributed by atoms with van der Waals surface area (Å²) in [5, 5.41) is 2.64. The molecule has 3 aromatic rings. The minimum Gasteiger partial charge on any atom is -0.487 e. The first kappa shape index (κ1) is 28.7. The molecule has 1 aliphatic rings. The number of amides is 1. The van der Waals surface area contributed by atoms with Gasteiger partial charge >= 0.3 is 12.4 Å². The van der Waals surface area contributed by atoms with Crippen LogP contribution in [-0.4, -0.2) is 57.1 Å². The summed E-state index contributed by atoms with van der Waals surface area (Å²) in [4.78, 5) is 21.9. The van der Waals surface area contributed by atoms with E-state index in [1.54, 1.807) is 6.92 Å². The highest BCUT2D eigenvalue weighted by atomic mass is 32.1. The van der Waals surface area contributed by atoms with E-state index in [4.69, 9.17) is 4.74 Å². The van der Waals surface area contributed by atoms with Crippen molar-refractivity contribution in [2.75, 3.05) is 25.0 Å². The Morgan fingerprint density at radius 1 is 1.13 bits per heavy atom. The minimum absolute atomic E-state index is 0.0181. The van der Waals surface area contributed by atoms with Gasteiger partial charge < -0.3 is 10.1 Å². The molecule has 2 aromatic heterocycles. The molecule has 0 unspecified atom stereocenters. The number of hydrogen-bond acceptors (Lipinski definition) is 7. The Balaban J connectivity index is 1.41. The zero-order chi connectivity index (χ0) is 28.4. The number of likely N-dealkylation sites (tertiary alicyclic amines) is 1. The van der Waals surface area contributed by atoms with Gasteiger partial charge in [-0.25, -0.2) is 9.37 Å². The predicted octanol–water partition coefficient (Wildman–Crippen LogP) is 5.65. The number of alkyl halides is 6. The molecule has 39 heavy (non-hydrogen) atoms. The lowest BCUT2D eigenvalue weighted by Crippen LogP contribution is -2.42. The van der Waals surface area contributed by atoms with Gasteiger partial charge in [0.05, 0.1) is 29.7 Å². The molecule has 0 bridgehead atoms. The summed E-state index contributed by atoms with van der Waals surface area (Å²) >= 11 is 0.992. The third-order valence-electron chi connectivity index (χ3n) is 5.92. The summed E-state index contributed by atoms with van der Waals surface area (Å²) in [5.74, 6) is -1.42. The molecule has 1 aromatic carbocycles. The van der Waals surface area contributed by atoms with Crippen molar-refractivity contribution in [3.8, 4) is 5.75 Å². The van der Waals surface area contributed by atoms with E-state index in [9.17, 15) is 35.5 Å². The topological polar surface area (TPSA) is 80.2 Å². The van der Waals surface area contributed by atoms with Crippen molar-refractivity contribution >= 4 is 23.1 Å². The van der Waals surface area contributed by atoms with E-state index in [1.807, 2.05) is 0 Å². The van der Waals surface area contributed by atoms with Gasteiger partial charge in [0, 0.05) is 42.3 Å². The molecule has 0 aliphatic carbocycles.